The molecule has 27 heavy (non-hydrogen) atoms. The third-order valence-corrected chi connectivity index (χ3v) is 6.41. The number of nitrogens with one attached hydrogen (secondary N) is 2. The van der Waals surface area contributed by atoms with Crippen LogP contribution >= 0.6 is 0 Å². The molecule has 7 nitrogen and oxygen atoms in total. The molecular formula is C19H21N4O3S+. The molecular weight excluding hydrogens is 364 g/mol. The minimum Gasteiger partial charge on any atom is -0.325 e. The van der Waals surface area contributed by atoms with Crippen molar-refractivity contribution in [2.75, 3.05) is 38.0 Å². The number of quaternary nitrogens is 1. The van der Waals surface area contributed by atoms with Crippen molar-refractivity contribution in [2.45, 2.75) is 4.90 Å². The Morgan fingerprint density at radius 2 is 1.81 bits per heavy atom. The molecule has 1 aliphatic heterocycles. The molecule has 0 saturated carbocycles. The van der Waals surface area contributed by atoms with E-state index in [2.05, 4.69) is 5.32 Å². The van der Waals surface area contributed by atoms with Crippen LogP contribution in [-0.4, -0.2) is 51.4 Å². The molecule has 0 aromatic heterocycles. The van der Waals surface area contributed by atoms with Gasteiger partial charge >= 0.3 is 0 Å². The zero-order chi connectivity index (χ0) is 19.3. The second-order valence-corrected chi connectivity index (χ2v) is 8.32. The molecule has 0 unspecified atom stereocenters. The monoisotopic (exact) mass is 385 g/mol. The van der Waals surface area contributed by atoms with E-state index in [1.54, 1.807) is 54.6 Å². The summed E-state index contributed by atoms with van der Waals surface area (Å²) in [6, 6.07) is 17.2. The molecule has 1 aliphatic rings. The van der Waals surface area contributed by atoms with Gasteiger partial charge in [0.25, 0.3) is 5.91 Å². The lowest BCUT2D eigenvalue weighted by Gasteiger charge is -2.31. The summed E-state index contributed by atoms with van der Waals surface area (Å²) < 4.78 is 26.7. The van der Waals surface area contributed by atoms with Crippen molar-refractivity contribution in [3.63, 3.8) is 0 Å². The van der Waals surface area contributed by atoms with Gasteiger partial charge in [-0.1, -0.05) is 24.3 Å². The van der Waals surface area contributed by atoms with Crippen molar-refractivity contribution in [1.82, 2.24) is 4.31 Å². The second-order valence-electron chi connectivity index (χ2n) is 6.38. The first-order valence-electron chi connectivity index (χ1n) is 8.68. The normalized spacial score (nSPS) is 15.8. The smallest absolute Gasteiger partial charge is 0.279 e. The van der Waals surface area contributed by atoms with Gasteiger partial charge < -0.3 is 10.2 Å². The molecule has 1 amide bonds. The van der Waals surface area contributed by atoms with E-state index >= 15 is 0 Å². The maximum atomic E-state index is 12.6. The third kappa shape index (κ3) is 4.71. The second kappa shape index (κ2) is 8.31. The molecule has 0 bridgehead atoms. The van der Waals surface area contributed by atoms with Gasteiger partial charge in [0.2, 0.25) is 10.0 Å². The summed E-state index contributed by atoms with van der Waals surface area (Å²) >= 11 is 0. The summed E-state index contributed by atoms with van der Waals surface area (Å²) in [5.74, 6) is -0.153. The summed E-state index contributed by atoms with van der Waals surface area (Å²) in [7, 11) is -3.48. The van der Waals surface area contributed by atoms with Gasteiger partial charge in [-0.05, 0) is 30.3 Å². The van der Waals surface area contributed by atoms with Crippen LogP contribution in [0.4, 0.5) is 5.69 Å². The van der Waals surface area contributed by atoms with Gasteiger partial charge in [-0.2, -0.15) is 9.57 Å². The zero-order valence-corrected chi connectivity index (χ0v) is 15.6. The molecule has 0 spiro atoms. The minimum absolute atomic E-state index is 0.153. The van der Waals surface area contributed by atoms with E-state index in [1.165, 1.54) is 4.31 Å². The number of piperazine rings is 1. The number of nitriles is 1. The number of carbonyl (C=O) groups excluding carboxylic acids is 1. The van der Waals surface area contributed by atoms with Gasteiger partial charge in [-0.3, -0.25) is 4.79 Å². The van der Waals surface area contributed by atoms with Gasteiger partial charge in [-0.25, -0.2) is 8.42 Å². The molecule has 2 aromatic carbocycles. The van der Waals surface area contributed by atoms with E-state index in [1.807, 2.05) is 6.07 Å². The van der Waals surface area contributed by atoms with Gasteiger partial charge in [0.1, 0.15) is 0 Å². The molecule has 140 valence electrons. The molecule has 0 aliphatic carbocycles. The maximum absolute atomic E-state index is 12.6. The number of sulfonamides is 1. The van der Waals surface area contributed by atoms with Crippen molar-refractivity contribution in [1.29, 1.82) is 5.26 Å². The van der Waals surface area contributed by atoms with Crippen molar-refractivity contribution < 1.29 is 18.1 Å². The van der Waals surface area contributed by atoms with Crippen LogP contribution in [0.5, 0.6) is 0 Å². The van der Waals surface area contributed by atoms with E-state index in [0.717, 1.165) is 4.90 Å². The predicted octanol–water partition coefficient (Wildman–Crippen LogP) is 0.0862. The number of hydrogen-bond donors (Lipinski definition) is 2. The van der Waals surface area contributed by atoms with Crippen molar-refractivity contribution >= 4 is 21.6 Å². The highest BCUT2D eigenvalue weighted by molar-refractivity contribution is 7.89. The third-order valence-electron chi connectivity index (χ3n) is 4.50. The maximum Gasteiger partial charge on any atom is 0.279 e. The van der Waals surface area contributed by atoms with E-state index in [9.17, 15) is 13.2 Å². The summed E-state index contributed by atoms with van der Waals surface area (Å²) in [5.41, 5.74) is 1.07. The lowest BCUT2D eigenvalue weighted by atomic mass is 10.2. The fourth-order valence-electron chi connectivity index (χ4n) is 3.06. The summed E-state index contributed by atoms with van der Waals surface area (Å²) in [6.45, 7) is 2.15. The van der Waals surface area contributed by atoms with Crippen LogP contribution in [-0.2, 0) is 14.8 Å². The fraction of sp³-hybridized carbons (Fsp3) is 0.263. The largest absolute Gasteiger partial charge is 0.325 e. The molecule has 0 radical (unpaired) electrons. The average molecular weight is 385 g/mol. The van der Waals surface area contributed by atoms with Crippen LogP contribution in [0.25, 0.3) is 0 Å². The lowest BCUT2D eigenvalue weighted by molar-refractivity contribution is -0.895. The number of anilines is 1. The van der Waals surface area contributed by atoms with Gasteiger partial charge in [0.05, 0.1) is 42.7 Å². The molecule has 0 atom stereocenters. The highest BCUT2D eigenvalue weighted by Gasteiger charge is 2.30. The van der Waals surface area contributed by atoms with Crippen molar-refractivity contribution in [3.8, 4) is 6.07 Å². The summed E-state index contributed by atoms with van der Waals surface area (Å²) in [4.78, 5) is 13.6. The van der Waals surface area contributed by atoms with Crippen molar-refractivity contribution in [3.05, 3.63) is 60.2 Å². The van der Waals surface area contributed by atoms with Crippen LogP contribution in [0.2, 0.25) is 0 Å². The van der Waals surface area contributed by atoms with E-state index < -0.39 is 10.0 Å². The van der Waals surface area contributed by atoms with Gasteiger partial charge in [-0.15, -0.1) is 0 Å². The summed E-state index contributed by atoms with van der Waals surface area (Å²) in [5, 5.41) is 11.7. The van der Waals surface area contributed by atoms with Gasteiger partial charge in [0, 0.05) is 5.69 Å². The Kier molecular flexibility index (Phi) is 5.86. The van der Waals surface area contributed by atoms with Crippen LogP contribution in [0, 0.1) is 11.3 Å². The van der Waals surface area contributed by atoms with E-state index in [0.29, 0.717) is 42.3 Å². The Balaban J connectivity index is 1.53. The Bertz CT molecular complexity index is 946. The molecule has 3 rings (SSSR count). The lowest BCUT2D eigenvalue weighted by Crippen LogP contribution is -3.15. The first-order chi connectivity index (χ1) is 13.0. The summed E-state index contributed by atoms with van der Waals surface area (Å²) in [6.07, 6.45) is 0. The molecule has 2 aromatic rings. The first kappa shape index (κ1) is 19.0. The SMILES string of the molecule is N#Cc1cccc(NC(=O)C[NH+]2CCN(S(=O)(=O)c3ccccc3)CC2)c1. The zero-order valence-electron chi connectivity index (χ0n) is 14.8. The fourth-order valence-corrected chi connectivity index (χ4v) is 4.52. The average Bonchev–Trinajstić information content (AvgIpc) is 2.69. The predicted molar refractivity (Wildman–Crippen MR) is 101 cm³/mol. The number of nitrogens with zero attached hydrogens (tertiary/aromatic N) is 2. The Morgan fingerprint density at radius 1 is 1.11 bits per heavy atom. The standard InChI is InChI=1S/C19H20N4O3S/c20-14-16-5-4-6-17(13-16)21-19(24)15-22-9-11-23(12-10-22)27(25,26)18-7-2-1-3-8-18/h1-8,13H,9-12,15H2,(H,21,24)/p+1. The number of amides is 1. The Morgan fingerprint density at radius 3 is 2.48 bits per heavy atom. The Hall–Kier alpha value is -2.73. The topological polar surface area (TPSA) is 94.7 Å². The van der Waals surface area contributed by atoms with Crippen LogP contribution in [0.15, 0.2) is 59.5 Å². The molecule has 1 heterocycles. The highest BCUT2D eigenvalue weighted by atomic mass is 32.2. The van der Waals surface area contributed by atoms with Crippen LogP contribution in [0.3, 0.4) is 0 Å². The van der Waals surface area contributed by atoms with Crippen LogP contribution < -0.4 is 10.2 Å². The molecule has 8 heteroatoms. The van der Waals surface area contributed by atoms with Gasteiger partial charge in [0.15, 0.2) is 6.54 Å². The Labute approximate surface area is 158 Å². The number of hydrogen-bond acceptors (Lipinski definition) is 4. The highest BCUT2D eigenvalue weighted by Crippen LogP contribution is 2.14. The minimum atomic E-state index is -3.48. The number of rotatable bonds is 5. The number of carbonyl (C=O) groups is 1. The molecule has 1 fully saturated rings. The van der Waals surface area contributed by atoms with E-state index in [4.69, 9.17) is 5.26 Å². The molecule has 2 N–H and O–H groups in total. The van der Waals surface area contributed by atoms with E-state index in [-0.39, 0.29) is 12.5 Å². The molecule has 1 saturated heterocycles. The number of benzene rings is 2. The first-order valence-corrected chi connectivity index (χ1v) is 10.1. The van der Waals surface area contributed by atoms with Crippen molar-refractivity contribution in [2.24, 2.45) is 0 Å². The quantitative estimate of drug-likeness (QED) is 0.762. The van der Waals surface area contributed by atoms with Crippen LogP contribution in [0.1, 0.15) is 5.56 Å².